The second-order valence-corrected chi connectivity index (χ2v) is 8.16. The van der Waals surface area contributed by atoms with Crippen molar-refractivity contribution >= 4 is 39.8 Å². The van der Waals surface area contributed by atoms with E-state index in [-0.39, 0.29) is 6.17 Å². The highest BCUT2D eigenvalue weighted by molar-refractivity contribution is 7.90. The van der Waals surface area contributed by atoms with Gasteiger partial charge in [-0.2, -0.15) is 5.26 Å². The number of allylic oxidation sites excluding steroid dienone is 1. The summed E-state index contributed by atoms with van der Waals surface area (Å²) in [6.45, 7) is 0.500. The van der Waals surface area contributed by atoms with Gasteiger partial charge in [0.15, 0.2) is 4.90 Å². The number of nitriles is 1. The van der Waals surface area contributed by atoms with Crippen LogP contribution in [0.4, 0.5) is 11.4 Å². The Bertz CT molecular complexity index is 1130. The molecule has 0 spiro atoms. The van der Waals surface area contributed by atoms with Gasteiger partial charge in [-0.15, -0.1) is 0 Å². The average Bonchev–Trinajstić information content (AvgIpc) is 3.38. The third-order valence-electron chi connectivity index (χ3n) is 4.93. The van der Waals surface area contributed by atoms with E-state index < -0.39 is 11.2 Å². The first-order valence-corrected chi connectivity index (χ1v) is 11.0. The number of benzene rings is 1. The Morgan fingerprint density at radius 1 is 1.40 bits per heavy atom. The molecule has 2 unspecified atom stereocenters. The maximum Gasteiger partial charge on any atom is 0.152 e. The highest BCUT2D eigenvalue weighted by Crippen LogP contribution is 2.46. The van der Waals surface area contributed by atoms with Gasteiger partial charge >= 0.3 is 0 Å². The van der Waals surface area contributed by atoms with Crippen molar-refractivity contribution in [2.75, 3.05) is 23.0 Å². The molecule has 3 heterocycles. The minimum atomic E-state index is -1.05. The third kappa shape index (κ3) is 3.58. The molecule has 1 aliphatic rings. The van der Waals surface area contributed by atoms with Crippen molar-refractivity contribution < 1.29 is 4.55 Å². The van der Waals surface area contributed by atoms with Crippen molar-refractivity contribution in [1.29, 1.82) is 10.7 Å². The molecular formula is C21H21N7OS. The number of hydrogen-bond acceptors (Lipinski definition) is 7. The number of rotatable bonds is 7. The molecule has 8 nitrogen and oxygen atoms in total. The Morgan fingerprint density at radius 3 is 2.90 bits per heavy atom. The summed E-state index contributed by atoms with van der Waals surface area (Å²) >= 11 is -1.05. The lowest BCUT2D eigenvalue weighted by molar-refractivity contribution is 0.600. The molecule has 1 aliphatic heterocycles. The molecule has 3 aromatic rings. The summed E-state index contributed by atoms with van der Waals surface area (Å²) in [5.74, 6) is 0. The zero-order chi connectivity index (χ0) is 21.1. The van der Waals surface area contributed by atoms with Crippen LogP contribution < -0.4 is 15.5 Å². The lowest BCUT2D eigenvalue weighted by atomic mass is 10.1. The molecule has 0 bridgehead atoms. The van der Waals surface area contributed by atoms with Gasteiger partial charge in [-0.1, -0.05) is 12.1 Å². The van der Waals surface area contributed by atoms with Gasteiger partial charge in [-0.25, -0.2) is 4.98 Å². The molecule has 1 aromatic carbocycles. The van der Waals surface area contributed by atoms with Gasteiger partial charge < -0.3 is 30.5 Å². The fourth-order valence-corrected chi connectivity index (χ4v) is 4.06. The molecular weight excluding hydrogens is 398 g/mol. The largest absolute Gasteiger partial charge is 0.612 e. The molecule has 0 aliphatic carbocycles. The van der Waals surface area contributed by atoms with Crippen LogP contribution in [0.25, 0.3) is 11.0 Å². The van der Waals surface area contributed by atoms with E-state index in [0.29, 0.717) is 18.7 Å². The van der Waals surface area contributed by atoms with E-state index in [4.69, 9.17) is 10.7 Å². The van der Waals surface area contributed by atoms with Crippen molar-refractivity contribution in [3.05, 3.63) is 60.2 Å². The summed E-state index contributed by atoms with van der Waals surface area (Å²) < 4.78 is 11.8. The number of fused-ring (bicyclic) bond motifs is 3. The summed E-state index contributed by atoms with van der Waals surface area (Å²) in [5.41, 5.74) is 4.15. The fraction of sp³-hybridized carbons (Fsp3) is 0.190. The standard InChI is InChI=1S/C21H21N7OS/c1-30(29)16-5-3-14(4-6-16)21-27-18-13-26-20-17(7-10-25-20)19(18)28(21)15(11-23)12-24-9-2-8-22/h3-7,10-13,21,23-24,27H,2,9H2,1H3,(H,25,26)/b15-12+,23-11?. The van der Waals surface area contributed by atoms with Crippen molar-refractivity contribution in [1.82, 2.24) is 15.3 Å². The summed E-state index contributed by atoms with van der Waals surface area (Å²) in [6, 6.07) is 11.7. The van der Waals surface area contributed by atoms with Crippen LogP contribution in [0.3, 0.4) is 0 Å². The zero-order valence-electron chi connectivity index (χ0n) is 16.3. The number of aromatic amines is 1. The number of nitrogens with one attached hydrogen (secondary N) is 4. The van der Waals surface area contributed by atoms with Crippen molar-refractivity contribution in [2.45, 2.75) is 17.5 Å². The maximum absolute atomic E-state index is 11.8. The molecule has 0 fully saturated rings. The molecule has 2 aromatic heterocycles. The van der Waals surface area contributed by atoms with E-state index in [1.165, 1.54) is 6.21 Å². The molecule has 2 atom stereocenters. The minimum Gasteiger partial charge on any atom is -0.612 e. The molecule has 0 saturated heterocycles. The Kier molecular flexibility index (Phi) is 5.61. The summed E-state index contributed by atoms with van der Waals surface area (Å²) in [4.78, 5) is 10.4. The molecule has 4 N–H and O–H groups in total. The van der Waals surface area contributed by atoms with Crippen LogP contribution in [-0.4, -0.2) is 33.5 Å². The smallest absolute Gasteiger partial charge is 0.152 e. The maximum atomic E-state index is 11.8. The van der Waals surface area contributed by atoms with E-state index in [0.717, 1.165) is 32.9 Å². The van der Waals surface area contributed by atoms with Gasteiger partial charge in [-0.3, -0.25) is 0 Å². The Hall–Kier alpha value is -3.48. The highest BCUT2D eigenvalue weighted by atomic mass is 32.2. The average molecular weight is 420 g/mol. The molecule has 152 valence electrons. The molecule has 4 rings (SSSR count). The van der Waals surface area contributed by atoms with E-state index in [1.54, 1.807) is 18.7 Å². The monoisotopic (exact) mass is 419 g/mol. The molecule has 0 amide bonds. The van der Waals surface area contributed by atoms with Crippen LogP contribution in [-0.2, 0) is 11.2 Å². The zero-order valence-corrected chi connectivity index (χ0v) is 17.2. The summed E-state index contributed by atoms with van der Waals surface area (Å²) in [5, 5.41) is 24.4. The number of hydrogen-bond donors (Lipinski definition) is 4. The van der Waals surface area contributed by atoms with Gasteiger partial charge in [0.05, 0.1) is 35.8 Å². The van der Waals surface area contributed by atoms with Crippen LogP contribution in [0.5, 0.6) is 0 Å². The molecule has 30 heavy (non-hydrogen) atoms. The van der Waals surface area contributed by atoms with Gasteiger partial charge in [0, 0.05) is 30.5 Å². The van der Waals surface area contributed by atoms with Crippen LogP contribution in [0.1, 0.15) is 18.2 Å². The molecule has 0 radical (unpaired) electrons. The Labute approximate surface area is 177 Å². The normalized spacial score (nSPS) is 16.6. The topological polar surface area (TPSA) is 127 Å². The van der Waals surface area contributed by atoms with E-state index in [9.17, 15) is 4.55 Å². The minimum absolute atomic E-state index is 0.271. The Balaban J connectivity index is 1.79. The highest BCUT2D eigenvalue weighted by Gasteiger charge is 2.34. The lowest BCUT2D eigenvalue weighted by Crippen LogP contribution is -2.29. The molecule has 0 saturated carbocycles. The van der Waals surface area contributed by atoms with Crippen LogP contribution in [0, 0.1) is 16.7 Å². The van der Waals surface area contributed by atoms with E-state index in [1.807, 2.05) is 41.4 Å². The van der Waals surface area contributed by atoms with Crippen LogP contribution in [0.2, 0.25) is 0 Å². The van der Waals surface area contributed by atoms with Gasteiger partial charge in [0.2, 0.25) is 0 Å². The van der Waals surface area contributed by atoms with Crippen molar-refractivity contribution in [3.8, 4) is 6.07 Å². The summed E-state index contributed by atoms with van der Waals surface area (Å²) in [6.07, 6.45) is 8.42. The SMILES string of the molecule is C[S+]([O-])c1ccc(C2Nc3cnc4[nH]ccc4c3N2/C(C=N)=C/NCCC#N)cc1. The molecule has 9 heteroatoms. The fourth-order valence-electron chi connectivity index (χ4n) is 3.54. The number of pyridine rings is 1. The second kappa shape index (κ2) is 8.49. The Morgan fingerprint density at radius 2 is 2.20 bits per heavy atom. The number of aromatic nitrogens is 2. The van der Waals surface area contributed by atoms with Gasteiger partial charge in [0.25, 0.3) is 0 Å². The number of nitrogens with zero attached hydrogens (tertiary/aromatic N) is 3. The number of anilines is 2. The van der Waals surface area contributed by atoms with Crippen molar-refractivity contribution in [2.24, 2.45) is 0 Å². The quantitative estimate of drug-likeness (QED) is 0.265. The predicted molar refractivity (Wildman–Crippen MR) is 119 cm³/mol. The van der Waals surface area contributed by atoms with Gasteiger partial charge in [0.1, 0.15) is 18.1 Å². The number of H-pyrrole nitrogens is 1. The summed E-state index contributed by atoms with van der Waals surface area (Å²) in [7, 11) is 0. The van der Waals surface area contributed by atoms with E-state index in [2.05, 4.69) is 26.7 Å². The lowest BCUT2D eigenvalue weighted by Gasteiger charge is -2.28. The first-order chi connectivity index (χ1) is 14.6. The van der Waals surface area contributed by atoms with Crippen molar-refractivity contribution in [3.63, 3.8) is 0 Å². The van der Waals surface area contributed by atoms with Crippen LogP contribution >= 0.6 is 0 Å². The van der Waals surface area contributed by atoms with Crippen LogP contribution in [0.15, 0.2) is 59.5 Å². The second-order valence-electron chi connectivity index (χ2n) is 6.78. The predicted octanol–water partition coefficient (Wildman–Crippen LogP) is 3.23. The van der Waals surface area contributed by atoms with E-state index >= 15 is 0 Å². The third-order valence-corrected chi connectivity index (χ3v) is 5.87. The van der Waals surface area contributed by atoms with Gasteiger partial charge in [-0.05, 0) is 34.9 Å². The first-order valence-electron chi connectivity index (χ1n) is 9.40. The first kappa shape index (κ1) is 19.8.